The summed E-state index contributed by atoms with van der Waals surface area (Å²) in [6.45, 7) is 0. The molecule has 0 spiro atoms. The average Bonchev–Trinajstić information content (AvgIpc) is 3.07. The van der Waals surface area contributed by atoms with Gasteiger partial charge in [0.25, 0.3) is 0 Å². The number of thioether (sulfide) groups is 1. The molecule has 1 heterocycles. The molecule has 0 aliphatic heterocycles. The van der Waals surface area contributed by atoms with Crippen LogP contribution in [-0.4, -0.2) is 35.2 Å². The van der Waals surface area contributed by atoms with Crippen molar-refractivity contribution in [1.82, 2.24) is 14.9 Å². The highest BCUT2D eigenvalue weighted by molar-refractivity contribution is 7.98. The van der Waals surface area contributed by atoms with Crippen molar-refractivity contribution in [1.29, 1.82) is 0 Å². The van der Waals surface area contributed by atoms with Crippen LogP contribution in [0.4, 0.5) is 5.69 Å². The van der Waals surface area contributed by atoms with E-state index in [1.54, 1.807) is 22.8 Å². The zero-order valence-corrected chi connectivity index (χ0v) is 14.5. The van der Waals surface area contributed by atoms with Gasteiger partial charge in [-0.05, 0) is 23.3 Å². The fourth-order valence-electron chi connectivity index (χ4n) is 2.10. The summed E-state index contributed by atoms with van der Waals surface area (Å²) in [5.41, 5.74) is 3.45. The zero-order valence-electron chi connectivity index (χ0n) is 13.7. The lowest BCUT2D eigenvalue weighted by atomic mass is 10.2. The molecule has 0 saturated carbocycles. The smallest absolute Gasteiger partial charge is 0.212 e. The van der Waals surface area contributed by atoms with Crippen LogP contribution in [0.25, 0.3) is 0 Å². The highest BCUT2D eigenvalue weighted by Gasteiger charge is 2.04. The Bertz CT molecular complexity index is 794. The molecule has 0 amide bonds. The fourth-order valence-corrected chi connectivity index (χ4v) is 2.92. The molecule has 0 aliphatic rings. The van der Waals surface area contributed by atoms with Crippen LogP contribution < -0.4 is 4.90 Å². The van der Waals surface area contributed by atoms with Crippen molar-refractivity contribution in [3.8, 4) is 0 Å². The SMILES string of the molecule is CN(C)c1ccc(/C=N/n2cnnc2SCc2ccccc2)cc1. The second-order valence-corrected chi connectivity index (χ2v) is 6.41. The number of hydrogen-bond donors (Lipinski definition) is 0. The molecule has 2 aromatic carbocycles. The van der Waals surface area contributed by atoms with Gasteiger partial charge in [0.1, 0.15) is 6.33 Å². The van der Waals surface area contributed by atoms with Crippen LogP contribution in [0, 0.1) is 0 Å². The Morgan fingerprint density at radius 3 is 2.54 bits per heavy atom. The maximum absolute atomic E-state index is 4.46. The minimum Gasteiger partial charge on any atom is -0.378 e. The maximum atomic E-state index is 4.46. The predicted molar refractivity (Wildman–Crippen MR) is 99.8 cm³/mol. The van der Waals surface area contributed by atoms with E-state index in [-0.39, 0.29) is 0 Å². The third-order valence-corrected chi connectivity index (χ3v) is 4.46. The lowest BCUT2D eigenvalue weighted by Gasteiger charge is -2.11. The van der Waals surface area contributed by atoms with Gasteiger partial charge in [-0.15, -0.1) is 10.2 Å². The minimum atomic E-state index is 0.778. The number of hydrogen-bond acceptors (Lipinski definition) is 5. The molecule has 122 valence electrons. The number of benzene rings is 2. The molecule has 0 saturated heterocycles. The molecule has 6 heteroatoms. The molecule has 24 heavy (non-hydrogen) atoms. The maximum Gasteiger partial charge on any atom is 0.212 e. The lowest BCUT2D eigenvalue weighted by Crippen LogP contribution is -2.08. The van der Waals surface area contributed by atoms with Crippen LogP contribution in [0.5, 0.6) is 0 Å². The van der Waals surface area contributed by atoms with Gasteiger partial charge in [-0.3, -0.25) is 0 Å². The van der Waals surface area contributed by atoms with Gasteiger partial charge in [0.15, 0.2) is 0 Å². The van der Waals surface area contributed by atoms with Gasteiger partial charge in [-0.25, -0.2) is 0 Å². The Hall–Kier alpha value is -2.60. The molecule has 3 rings (SSSR count). The highest BCUT2D eigenvalue weighted by atomic mass is 32.2. The summed E-state index contributed by atoms with van der Waals surface area (Å²) in [6.07, 6.45) is 3.44. The molecule has 0 unspecified atom stereocenters. The number of nitrogens with zero attached hydrogens (tertiary/aromatic N) is 5. The van der Waals surface area contributed by atoms with E-state index < -0.39 is 0 Å². The number of rotatable bonds is 6. The van der Waals surface area contributed by atoms with Crippen molar-refractivity contribution in [2.45, 2.75) is 10.9 Å². The van der Waals surface area contributed by atoms with E-state index >= 15 is 0 Å². The van der Waals surface area contributed by atoms with E-state index in [4.69, 9.17) is 0 Å². The summed E-state index contributed by atoms with van der Waals surface area (Å²) < 4.78 is 1.70. The van der Waals surface area contributed by atoms with Crippen LogP contribution in [0.1, 0.15) is 11.1 Å². The normalized spacial score (nSPS) is 11.1. The monoisotopic (exact) mass is 337 g/mol. The first-order valence-electron chi connectivity index (χ1n) is 7.61. The third kappa shape index (κ3) is 4.23. The van der Waals surface area contributed by atoms with Crippen molar-refractivity contribution < 1.29 is 0 Å². The molecule has 0 atom stereocenters. The highest BCUT2D eigenvalue weighted by Crippen LogP contribution is 2.20. The van der Waals surface area contributed by atoms with Crippen molar-refractivity contribution in [3.63, 3.8) is 0 Å². The van der Waals surface area contributed by atoms with Crippen LogP contribution in [0.3, 0.4) is 0 Å². The molecule has 5 nitrogen and oxygen atoms in total. The van der Waals surface area contributed by atoms with E-state index in [2.05, 4.69) is 44.5 Å². The van der Waals surface area contributed by atoms with Crippen LogP contribution in [0.15, 0.2) is 71.2 Å². The predicted octanol–water partition coefficient (Wildman–Crippen LogP) is 3.52. The van der Waals surface area contributed by atoms with Crippen molar-refractivity contribution in [2.75, 3.05) is 19.0 Å². The lowest BCUT2D eigenvalue weighted by molar-refractivity contribution is 0.767. The fraction of sp³-hybridized carbons (Fsp3) is 0.167. The molecular weight excluding hydrogens is 318 g/mol. The first-order valence-corrected chi connectivity index (χ1v) is 8.59. The van der Waals surface area contributed by atoms with Crippen LogP contribution in [0.2, 0.25) is 0 Å². The Morgan fingerprint density at radius 2 is 1.83 bits per heavy atom. The standard InChI is InChI=1S/C18H19N5S/c1-22(2)17-10-8-15(9-11-17)12-20-23-14-19-21-18(23)24-13-16-6-4-3-5-7-16/h3-12,14H,13H2,1-2H3/b20-12+. The Labute approximate surface area is 146 Å². The molecule has 1 aromatic heterocycles. The van der Waals surface area contributed by atoms with E-state index in [9.17, 15) is 0 Å². The molecule has 0 aliphatic carbocycles. The van der Waals surface area contributed by atoms with Gasteiger partial charge in [0.2, 0.25) is 5.16 Å². The van der Waals surface area contributed by atoms with E-state index in [1.165, 1.54) is 5.56 Å². The molecular formula is C18H19N5S. The Morgan fingerprint density at radius 1 is 1.08 bits per heavy atom. The quantitative estimate of drug-likeness (QED) is 0.510. The van der Waals surface area contributed by atoms with Crippen LogP contribution in [-0.2, 0) is 5.75 Å². The average molecular weight is 337 g/mol. The molecule has 0 bridgehead atoms. The molecule has 0 radical (unpaired) electrons. The van der Waals surface area contributed by atoms with Crippen molar-refractivity contribution in [2.24, 2.45) is 5.10 Å². The van der Waals surface area contributed by atoms with Gasteiger partial charge < -0.3 is 4.90 Å². The van der Waals surface area contributed by atoms with Gasteiger partial charge >= 0.3 is 0 Å². The number of anilines is 1. The molecule has 0 N–H and O–H groups in total. The van der Waals surface area contributed by atoms with E-state index in [0.717, 1.165) is 22.2 Å². The summed E-state index contributed by atoms with van der Waals surface area (Å²) in [5.74, 6) is 0.840. The number of aromatic nitrogens is 3. The second kappa shape index (κ2) is 7.79. The summed E-state index contributed by atoms with van der Waals surface area (Å²) in [4.78, 5) is 2.07. The van der Waals surface area contributed by atoms with Gasteiger partial charge in [0, 0.05) is 25.5 Å². The van der Waals surface area contributed by atoms with Gasteiger partial charge in [-0.2, -0.15) is 9.78 Å². The first-order chi connectivity index (χ1) is 11.7. The molecule has 0 fully saturated rings. The van der Waals surface area contributed by atoms with Crippen LogP contribution >= 0.6 is 11.8 Å². The largest absolute Gasteiger partial charge is 0.378 e. The topological polar surface area (TPSA) is 46.3 Å². The minimum absolute atomic E-state index is 0.778. The van der Waals surface area contributed by atoms with E-state index in [1.807, 2.05) is 50.6 Å². The molecule has 3 aromatic rings. The third-order valence-electron chi connectivity index (χ3n) is 3.45. The Balaban J connectivity index is 1.66. The van der Waals surface area contributed by atoms with Crippen molar-refractivity contribution in [3.05, 3.63) is 72.1 Å². The van der Waals surface area contributed by atoms with Crippen molar-refractivity contribution >= 4 is 23.7 Å². The summed E-state index contributed by atoms with van der Waals surface area (Å²) in [6, 6.07) is 18.5. The van der Waals surface area contributed by atoms with Gasteiger partial charge in [-0.1, -0.05) is 54.2 Å². The summed E-state index contributed by atoms with van der Waals surface area (Å²) in [7, 11) is 4.05. The first kappa shape index (κ1) is 16.3. The zero-order chi connectivity index (χ0) is 16.8. The van der Waals surface area contributed by atoms with E-state index in [0.29, 0.717) is 0 Å². The second-order valence-electron chi connectivity index (χ2n) is 5.46. The summed E-state index contributed by atoms with van der Waals surface area (Å²) in [5, 5.41) is 13.3. The summed E-state index contributed by atoms with van der Waals surface area (Å²) >= 11 is 1.62. The Kier molecular flexibility index (Phi) is 5.28. The van der Waals surface area contributed by atoms with Gasteiger partial charge in [0.05, 0.1) is 6.21 Å².